The molecule has 0 heterocycles. The summed E-state index contributed by atoms with van der Waals surface area (Å²) in [7, 11) is 1.18. The van der Waals surface area contributed by atoms with Gasteiger partial charge in [-0.25, -0.2) is 9.18 Å². The number of hydrogen-bond donors (Lipinski definition) is 0. The fourth-order valence-corrected chi connectivity index (χ4v) is 0.881. The average molecular weight is 206 g/mol. The number of esters is 1. The third-order valence-corrected chi connectivity index (χ3v) is 1.61. The molecule has 3 nitrogen and oxygen atoms in total. The van der Waals surface area contributed by atoms with Crippen LogP contribution in [0.2, 0.25) is 0 Å². The van der Waals surface area contributed by atoms with Gasteiger partial charge in [-0.2, -0.15) is 0 Å². The number of hydrogen-bond acceptors (Lipinski definition) is 3. The van der Waals surface area contributed by atoms with Crippen molar-refractivity contribution < 1.29 is 18.7 Å². The number of benzene rings is 1. The molecule has 0 aliphatic carbocycles. The summed E-state index contributed by atoms with van der Waals surface area (Å²) in [4.78, 5) is 21.1. The van der Waals surface area contributed by atoms with Crippen LogP contribution in [0.5, 0.6) is 0 Å². The van der Waals surface area contributed by atoms with E-state index in [1.165, 1.54) is 19.2 Å². The van der Waals surface area contributed by atoms with Crippen LogP contribution < -0.4 is 0 Å². The molecule has 0 N–H and O–H groups in total. The molecule has 0 spiro atoms. The van der Waals surface area contributed by atoms with Crippen LogP contribution in [0, 0.1) is 17.7 Å². The minimum absolute atomic E-state index is 0.00926. The second kappa shape index (κ2) is 4.91. The number of ether oxygens (including phenoxy) is 1. The quantitative estimate of drug-likeness (QED) is 0.393. The number of methoxy groups -OCH3 is 1. The van der Waals surface area contributed by atoms with Gasteiger partial charge in [0, 0.05) is 11.5 Å². The molecule has 0 amide bonds. The van der Waals surface area contributed by atoms with Crippen molar-refractivity contribution in [1.82, 2.24) is 0 Å². The van der Waals surface area contributed by atoms with E-state index >= 15 is 0 Å². The van der Waals surface area contributed by atoms with Crippen LogP contribution in [-0.2, 0) is 9.53 Å². The summed E-state index contributed by atoms with van der Waals surface area (Å²) < 4.78 is 17.4. The summed E-state index contributed by atoms with van der Waals surface area (Å²) in [5.41, 5.74) is 0.288. The largest absolute Gasteiger partial charge is 0.459 e. The maximum atomic E-state index is 13.1. The highest BCUT2D eigenvalue weighted by molar-refractivity contribution is 5.89. The molecular formula is C11H7FO3. The van der Waals surface area contributed by atoms with Crippen molar-refractivity contribution in [2.24, 2.45) is 0 Å². The van der Waals surface area contributed by atoms with Crippen LogP contribution >= 0.6 is 0 Å². The molecule has 0 atom stereocenters. The lowest BCUT2D eigenvalue weighted by molar-refractivity contribution is -0.133. The predicted octanol–water partition coefficient (Wildman–Crippen LogP) is 1.16. The topological polar surface area (TPSA) is 43.4 Å². The van der Waals surface area contributed by atoms with E-state index in [4.69, 9.17) is 0 Å². The SMILES string of the molecule is COC(=O)C#Cc1cc(C=O)ccc1F. The van der Waals surface area contributed by atoms with E-state index in [9.17, 15) is 14.0 Å². The van der Waals surface area contributed by atoms with E-state index in [-0.39, 0.29) is 5.56 Å². The Balaban J connectivity index is 3.06. The highest BCUT2D eigenvalue weighted by atomic mass is 19.1. The molecule has 1 aromatic rings. The Morgan fingerprint density at radius 1 is 1.53 bits per heavy atom. The second-order valence-corrected chi connectivity index (χ2v) is 2.60. The number of halogens is 1. The maximum absolute atomic E-state index is 13.1. The van der Waals surface area contributed by atoms with Gasteiger partial charge in [-0.05, 0) is 18.2 Å². The van der Waals surface area contributed by atoms with Crippen molar-refractivity contribution in [3.8, 4) is 11.8 Å². The van der Waals surface area contributed by atoms with Crippen LogP contribution in [-0.4, -0.2) is 19.4 Å². The molecule has 0 saturated heterocycles. The van der Waals surface area contributed by atoms with Gasteiger partial charge in [0.2, 0.25) is 0 Å². The summed E-state index contributed by atoms with van der Waals surface area (Å²) in [6.45, 7) is 0. The van der Waals surface area contributed by atoms with Crippen LogP contribution in [0.3, 0.4) is 0 Å². The van der Waals surface area contributed by atoms with Crippen LogP contribution in [0.1, 0.15) is 15.9 Å². The van der Waals surface area contributed by atoms with E-state index in [1.54, 1.807) is 0 Å². The Labute approximate surface area is 85.9 Å². The van der Waals surface area contributed by atoms with E-state index in [1.807, 2.05) is 0 Å². The molecule has 0 fully saturated rings. The summed E-state index contributed by atoms with van der Waals surface area (Å²) in [5, 5.41) is 0. The Bertz CT molecular complexity index is 455. The highest BCUT2D eigenvalue weighted by Gasteiger charge is 2.00. The van der Waals surface area contributed by atoms with Gasteiger partial charge in [-0.15, -0.1) is 0 Å². The average Bonchev–Trinajstić information content (AvgIpc) is 2.27. The van der Waals surface area contributed by atoms with Crippen molar-refractivity contribution in [2.75, 3.05) is 7.11 Å². The Kier molecular flexibility index (Phi) is 3.58. The normalized spacial score (nSPS) is 8.67. The molecule has 0 saturated carbocycles. The van der Waals surface area contributed by atoms with Gasteiger partial charge in [0.25, 0.3) is 0 Å². The number of carbonyl (C=O) groups is 2. The lowest BCUT2D eigenvalue weighted by Crippen LogP contribution is -1.95. The van der Waals surface area contributed by atoms with Gasteiger partial charge in [-0.3, -0.25) is 4.79 Å². The van der Waals surface area contributed by atoms with Gasteiger partial charge >= 0.3 is 5.97 Å². The summed E-state index contributed by atoms with van der Waals surface area (Å²) >= 11 is 0. The molecule has 1 rings (SSSR count). The molecular weight excluding hydrogens is 199 g/mol. The second-order valence-electron chi connectivity index (χ2n) is 2.60. The Morgan fingerprint density at radius 3 is 2.87 bits per heavy atom. The van der Waals surface area contributed by atoms with E-state index < -0.39 is 11.8 Å². The van der Waals surface area contributed by atoms with E-state index in [0.717, 1.165) is 6.07 Å². The van der Waals surface area contributed by atoms with Crippen LogP contribution in [0.25, 0.3) is 0 Å². The first kappa shape index (κ1) is 10.9. The smallest absolute Gasteiger partial charge is 0.384 e. The Hall–Kier alpha value is -2.15. The Morgan fingerprint density at radius 2 is 2.27 bits per heavy atom. The van der Waals surface area contributed by atoms with Crippen molar-refractivity contribution in [2.45, 2.75) is 0 Å². The van der Waals surface area contributed by atoms with Gasteiger partial charge < -0.3 is 4.74 Å². The number of carbonyl (C=O) groups excluding carboxylic acids is 2. The molecule has 0 aromatic heterocycles. The number of rotatable bonds is 1. The molecule has 0 aliphatic heterocycles. The first-order valence-electron chi connectivity index (χ1n) is 4.02. The maximum Gasteiger partial charge on any atom is 0.384 e. The lowest BCUT2D eigenvalue weighted by atomic mass is 10.1. The monoisotopic (exact) mass is 206 g/mol. The van der Waals surface area contributed by atoms with Crippen molar-refractivity contribution in [1.29, 1.82) is 0 Å². The van der Waals surface area contributed by atoms with E-state index in [0.29, 0.717) is 11.8 Å². The first-order chi connectivity index (χ1) is 7.17. The molecule has 0 bridgehead atoms. The fourth-order valence-electron chi connectivity index (χ4n) is 0.881. The molecule has 4 heteroatoms. The minimum atomic E-state index is -0.758. The van der Waals surface area contributed by atoms with Crippen molar-refractivity contribution in [3.05, 3.63) is 35.1 Å². The van der Waals surface area contributed by atoms with Crippen LogP contribution in [0.15, 0.2) is 18.2 Å². The summed E-state index contributed by atoms with van der Waals surface area (Å²) in [6.07, 6.45) is 0.572. The zero-order valence-electron chi connectivity index (χ0n) is 7.91. The molecule has 0 aliphatic rings. The van der Waals surface area contributed by atoms with Crippen LogP contribution in [0.4, 0.5) is 4.39 Å². The molecule has 76 valence electrons. The molecule has 1 aromatic carbocycles. The third-order valence-electron chi connectivity index (χ3n) is 1.61. The fraction of sp³-hybridized carbons (Fsp3) is 0.0909. The van der Waals surface area contributed by atoms with Crippen molar-refractivity contribution >= 4 is 12.3 Å². The summed E-state index contributed by atoms with van der Waals surface area (Å²) in [5.74, 6) is 3.01. The summed E-state index contributed by atoms with van der Waals surface area (Å²) in [6, 6.07) is 3.70. The molecule has 0 radical (unpaired) electrons. The zero-order valence-corrected chi connectivity index (χ0v) is 7.91. The van der Waals surface area contributed by atoms with Gasteiger partial charge in [0.05, 0.1) is 12.7 Å². The van der Waals surface area contributed by atoms with Gasteiger partial charge in [0.1, 0.15) is 12.1 Å². The van der Waals surface area contributed by atoms with Crippen molar-refractivity contribution in [3.63, 3.8) is 0 Å². The third kappa shape index (κ3) is 2.92. The van der Waals surface area contributed by atoms with Gasteiger partial charge in [0.15, 0.2) is 0 Å². The lowest BCUT2D eigenvalue weighted by Gasteiger charge is -1.94. The molecule has 15 heavy (non-hydrogen) atoms. The molecule has 0 unspecified atom stereocenters. The number of aldehydes is 1. The van der Waals surface area contributed by atoms with E-state index in [2.05, 4.69) is 16.6 Å². The first-order valence-corrected chi connectivity index (χ1v) is 4.02. The predicted molar refractivity (Wildman–Crippen MR) is 50.7 cm³/mol. The highest BCUT2D eigenvalue weighted by Crippen LogP contribution is 2.07. The van der Waals surface area contributed by atoms with Gasteiger partial charge in [-0.1, -0.05) is 5.92 Å². The standard InChI is InChI=1S/C11H7FO3/c1-15-11(14)5-3-9-6-8(7-13)2-4-10(9)12/h2,4,6-7H,1H3. The minimum Gasteiger partial charge on any atom is -0.459 e. The zero-order chi connectivity index (χ0) is 11.3.